The van der Waals surface area contributed by atoms with Crippen LogP contribution in [0.2, 0.25) is 0 Å². The fourth-order valence-electron chi connectivity index (χ4n) is 2.30. The zero-order chi connectivity index (χ0) is 21.6. The van der Waals surface area contributed by atoms with E-state index in [1.165, 1.54) is 18.6 Å². The molecule has 1 radical (unpaired) electrons. The lowest BCUT2D eigenvalue weighted by Gasteiger charge is -2.14. The lowest BCUT2D eigenvalue weighted by molar-refractivity contribution is -0.139. The highest BCUT2D eigenvalue weighted by molar-refractivity contribution is 6.15. The van der Waals surface area contributed by atoms with Gasteiger partial charge in [0.25, 0.3) is 5.91 Å². The third kappa shape index (κ3) is 10.3. The van der Waals surface area contributed by atoms with E-state index in [-0.39, 0.29) is 18.3 Å². The minimum Gasteiger partial charge on any atom is -0.480 e. The highest BCUT2D eigenvalue weighted by Crippen LogP contribution is 2.04. The molecule has 0 aliphatic carbocycles. The van der Waals surface area contributed by atoms with Crippen molar-refractivity contribution in [2.75, 3.05) is 0 Å². The van der Waals surface area contributed by atoms with Crippen LogP contribution in [0, 0.1) is 5.92 Å². The standard InChI is InChI=1S/C14H13N3O3.C5H13BNO2/c18-13(12-9-15-6-7-16-12)17-11(14(19)20)8-10-4-2-1-3-5-10;1-4(2)3-5(7)9-6-8/h1-7,9,11H,8H2,(H,17,18)(H,19,20);4-5,8H,3,7H2,1-2H3/t11-;5-/m01/s1. The predicted molar refractivity (Wildman–Crippen MR) is 108 cm³/mol. The third-order valence-corrected chi connectivity index (χ3v) is 3.62. The summed E-state index contributed by atoms with van der Waals surface area (Å²) in [7, 11) is 0.632. The van der Waals surface area contributed by atoms with Crippen LogP contribution in [0.3, 0.4) is 0 Å². The molecule has 2 rings (SSSR count). The molecular weight excluding hydrogens is 375 g/mol. The highest BCUT2D eigenvalue weighted by atomic mass is 16.5. The van der Waals surface area contributed by atoms with E-state index in [0.29, 0.717) is 13.6 Å². The van der Waals surface area contributed by atoms with E-state index in [9.17, 15) is 14.7 Å². The summed E-state index contributed by atoms with van der Waals surface area (Å²) in [5.74, 6) is -1.15. The lowest BCUT2D eigenvalue weighted by atomic mass is 10.1. The first-order valence-electron chi connectivity index (χ1n) is 9.04. The molecule has 2 atom stereocenters. The Balaban J connectivity index is 0.000000396. The summed E-state index contributed by atoms with van der Waals surface area (Å²) in [4.78, 5) is 30.7. The van der Waals surface area contributed by atoms with Crippen LogP contribution in [0.5, 0.6) is 0 Å². The van der Waals surface area contributed by atoms with Crippen LogP contribution in [-0.2, 0) is 15.9 Å². The maximum atomic E-state index is 11.9. The molecule has 1 aromatic heterocycles. The zero-order valence-corrected chi connectivity index (χ0v) is 16.4. The zero-order valence-electron chi connectivity index (χ0n) is 16.4. The molecule has 0 unspecified atom stereocenters. The molecule has 1 heterocycles. The number of nitrogens with one attached hydrogen (secondary N) is 1. The van der Waals surface area contributed by atoms with Gasteiger partial charge in [-0.1, -0.05) is 44.2 Å². The van der Waals surface area contributed by atoms with Crippen LogP contribution in [0.4, 0.5) is 0 Å². The van der Waals surface area contributed by atoms with Gasteiger partial charge in [0, 0.05) is 18.8 Å². The molecule has 29 heavy (non-hydrogen) atoms. The maximum Gasteiger partial charge on any atom is 0.486 e. The van der Waals surface area contributed by atoms with Crippen molar-refractivity contribution in [3.05, 3.63) is 60.2 Å². The average molecular weight is 401 g/mol. The minimum absolute atomic E-state index is 0.0896. The Hall–Kier alpha value is -2.82. The second-order valence-electron chi connectivity index (χ2n) is 6.55. The minimum atomic E-state index is -1.09. The summed E-state index contributed by atoms with van der Waals surface area (Å²) in [6.07, 6.45) is 4.71. The molecule has 155 valence electrons. The summed E-state index contributed by atoms with van der Waals surface area (Å²) < 4.78 is 4.56. The number of carbonyl (C=O) groups is 2. The summed E-state index contributed by atoms with van der Waals surface area (Å²) in [6.45, 7) is 4.08. The number of nitrogens with two attached hydrogens (primary N) is 1. The van der Waals surface area contributed by atoms with Crippen LogP contribution in [-0.4, -0.2) is 51.9 Å². The first kappa shape index (κ1) is 24.2. The number of carbonyl (C=O) groups excluding carboxylic acids is 1. The summed E-state index contributed by atoms with van der Waals surface area (Å²) >= 11 is 0. The van der Waals surface area contributed by atoms with Gasteiger partial charge in [-0.25, -0.2) is 9.78 Å². The molecule has 0 aliphatic heterocycles. The third-order valence-electron chi connectivity index (χ3n) is 3.62. The van der Waals surface area contributed by atoms with Crippen molar-refractivity contribution in [3.63, 3.8) is 0 Å². The molecule has 0 spiro atoms. The molecule has 10 heteroatoms. The number of nitrogens with zero attached hydrogens (tertiary/aromatic N) is 2. The topological polar surface area (TPSA) is 148 Å². The molecule has 0 saturated carbocycles. The Morgan fingerprint density at radius 2 is 1.93 bits per heavy atom. The smallest absolute Gasteiger partial charge is 0.480 e. The molecule has 2 aromatic rings. The molecule has 0 saturated heterocycles. The van der Waals surface area contributed by atoms with Gasteiger partial charge in [0.2, 0.25) is 0 Å². The first-order chi connectivity index (χ1) is 13.8. The Kier molecular flexibility index (Phi) is 11.2. The van der Waals surface area contributed by atoms with Gasteiger partial charge in [0.15, 0.2) is 0 Å². The van der Waals surface area contributed by atoms with Gasteiger partial charge in [0.05, 0.1) is 12.4 Å². The molecular formula is C19H26BN4O5. The molecule has 1 aromatic carbocycles. The van der Waals surface area contributed by atoms with Gasteiger partial charge in [-0.05, 0) is 17.9 Å². The first-order valence-corrected chi connectivity index (χ1v) is 9.04. The summed E-state index contributed by atoms with van der Waals surface area (Å²) in [5, 5.41) is 19.7. The van der Waals surface area contributed by atoms with Crippen molar-refractivity contribution in [2.45, 2.75) is 39.0 Å². The fourth-order valence-corrected chi connectivity index (χ4v) is 2.30. The molecule has 0 fully saturated rings. The molecule has 5 N–H and O–H groups in total. The Morgan fingerprint density at radius 1 is 1.24 bits per heavy atom. The van der Waals surface area contributed by atoms with Crippen LogP contribution >= 0.6 is 0 Å². The van der Waals surface area contributed by atoms with Crippen molar-refractivity contribution < 1.29 is 24.4 Å². The second kappa shape index (κ2) is 13.4. The number of carboxylic acids is 1. The Labute approximate surface area is 170 Å². The van der Waals surface area contributed by atoms with Gasteiger partial charge in [-0.3, -0.25) is 9.78 Å². The van der Waals surface area contributed by atoms with Crippen molar-refractivity contribution in [1.82, 2.24) is 15.3 Å². The fraction of sp³-hybridized carbons (Fsp3) is 0.368. The van der Waals surface area contributed by atoms with E-state index < -0.39 is 17.9 Å². The van der Waals surface area contributed by atoms with E-state index in [1.807, 2.05) is 44.2 Å². The van der Waals surface area contributed by atoms with Gasteiger partial charge in [-0.2, -0.15) is 0 Å². The number of aliphatic carboxylic acids is 1. The van der Waals surface area contributed by atoms with Gasteiger partial charge >= 0.3 is 13.7 Å². The average Bonchev–Trinajstić information content (AvgIpc) is 2.69. The number of benzene rings is 1. The van der Waals surface area contributed by atoms with Crippen molar-refractivity contribution in [1.29, 1.82) is 0 Å². The molecule has 0 aliphatic rings. The van der Waals surface area contributed by atoms with Crippen molar-refractivity contribution in [3.8, 4) is 0 Å². The summed E-state index contributed by atoms with van der Waals surface area (Å²) in [5.41, 5.74) is 6.29. The van der Waals surface area contributed by atoms with E-state index in [1.54, 1.807) is 0 Å². The number of hydrogen-bond donors (Lipinski definition) is 4. The largest absolute Gasteiger partial charge is 0.486 e. The lowest BCUT2D eigenvalue weighted by Crippen LogP contribution is -2.42. The van der Waals surface area contributed by atoms with E-state index >= 15 is 0 Å². The van der Waals surface area contributed by atoms with E-state index in [0.717, 1.165) is 12.0 Å². The number of aromatic nitrogens is 2. The highest BCUT2D eigenvalue weighted by Gasteiger charge is 2.21. The van der Waals surface area contributed by atoms with E-state index in [2.05, 4.69) is 19.9 Å². The quantitative estimate of drug-likeness (QED) is 0.356. The predicted octanol–water partition coefficient (Wildman–Crippen LogP) is 0.763. The SMILES string of the molecule is CC(C)C[C@H](N)O[B]O.O=C(N[C@@H](Cc1ccccc1)C(=O)O)c1cnccn1. The van der Waals surface area contributed by atoms with Crippen molar-refractivity contribution in [2.24, 2.45) is 11.7 Å². The molecule has 0 bridgehead atoms. The van der Waals surface area contributed by atoms with Gasteiger partial charge in [-0.15, -0.1) is 0 Å². The number of carboxylic acid groups (broad SMARTS) is 1. The van der Waals surface area contributed by atoms with Gasteiger partial charge in [0.1, 0.15) is 11.7 Å². The molecule has 9 nitrogen and oxygen atoms in total. The second-order valence-corrected chi connectivity index (χ2v) is 6.55. The number of rotatable bonds is 9. The van der Waals surface area contributed by atoms with E-state index in [4.69, 9.17) is 10.8 Å². The van der Waals surface area contributed by atoms with Crippen LogP contribution in [0.25, 0.3) is 0 Å². The number of amides is 1. The van der Waals surface area contributed by atoms with Crippen LogP contribution in [0.1, 0.15) is 36.3 Å². The molecule has 1 amide bonds. The van der Waals surface area contributed by atoms with Crippen molar-refractivity contribution >= 4 is 19.6 Å². The van der Waals surface area contributed by atoms with Gasteiger partial charge < -0.3 is 25.8 Å². The summed E-state index contributed by atoms with van der Waals surface area (Å²) in [6, 6.07) is 8.09. The Bertz CT molecular complexity index is 734. The maximum absolute atomic E-state index is 11.9. The monoisotopic (exact) mass is 401 g/mol. The van der Waals surface area contributed by atoms with Crippen LogP contribution in [0.15, 0.2) is 48.9 Å². The van der Waals surface area contributed by atoms with Crippen LogP contribution < -0.4 is 11.1 Å². The number of hydrogen-bond acceptors (Lipinski definition) is 7. The normalized spacial score (nSPS) is 12.3. The Morgan fingerprint density at radius 3 is 2.45 bits per heavy atom.